The number of aromatic hydroxyl groups is 1. The van der Waals surface area contributed by atoms with E-state index in [2.05, 4.69) is 9.97 Å². The fourth-order valence-electron chi connectivity index (χ4n) is 2.66. The van der Waals surface area contributed by atoms with Crippen LogP contribution < -0.4 is 4.74 Å². The van der Waals surface area contributed by atoms with E-state index in [0.717, 1.165) is 0 Å². The number of nitrogens with zero attached hydrogens (tertiary/aromatic N) is 3. The number of ether oxygens (including phenoxy) is 1. The van der Waals surface area contributed by atoms with Crippen LogP contribution in [0.1, 0.15) is 0 Å². The number of aromatic nitrogens is 2. The standard InChI is InChI=1S/C20H13N3O4/c24-18-8-4-2-6-16(18)19-21-17-7-3-1-5-15(17)20(22-19)27-14-11-9-13(10-12-14)23(25)26/h1-12,24H. The summed E-state index contributed by atoms with van der Waals surface area (Å²) in [5.41, 5.74) is 1.12. The molecule has 0 aliphatic heterocycles. The molecule has 4 aromatic rings. The summed E-state index contributed by atoms with van der Waals surface area (Å²) < 4.78 is 5.87. The maximum absolute atomic E-state index is 10.8. The second-order valence-electron chi connectivity index (χ2n) is 5.74. The Balaban J connectivity index is 1.81. The van der Waals surface area contributed by atoms with E-state index in [1.165, 1.54) is 24.3 Å². The molecule has 0 bridgehead atoms. The predicted molar refractivity (Wildman–Crippen MR) is 99.8 cm³/mol. The lowest BCUT2D eigenvalue weighted by Gasteiger charge is -2.10. The number of hydrogen-bond donors (Lipinski definition) is 1. The summed E-state index contributed by atoms with van der Waals surface area (Å²) in [6.07, 6.45) is 0. The van der Waals surface area contributed by atoms with Crippen molar-refractivity contribution >= 4 is 16.6 Å². The molecule has 0 saturated carbocycles. The molecule has 0 atom stereocenters. The van der Waals surface area contributed by atoms with Gasteiger partial charge < -0.3 is 9.84 Å². The fraction of sp³-hybridized carbons (Fsp3) is 0. The molecule has 0 aliphatic rings. The third-order valence-electron chi connectivity index (χ3n) is 3.98. The number of fused-ring (bicyclic) bond motifs is 1. The van der Waals surface area contributed by atoms with Crippen molar-refractivity contribution in [3.8, 4) is 28.8 Å². The number of non-ortho nitro benzene ring substituents is 1. The van der Waals surface area contributed by atoms with Crippen molar-refractivity contribution in [1.29, 1.82) is 0 Å². The Labute approximate surface area is 153 Å². The second kappa shape index (κ2) is 6.72. The zero-order chi connectivity index (χ0) is 18.8. The molecular weight excluding hydrogens is 346 g/mol. The van der Waals surface area contributed by atoms with E-state index >= 15 is 0 Å². The highest BCUT2D eigenvalue weighted by Gasteiger charge is 2.14. The van der Waals surface area contributed by atoms with Crippen LogP contribution in [0.15, 0.2) is 72.8 Å². The van der Waals surface area contributed by atoms with E-state index in [1.54, 1.807) is 24.3 Å². The molecule has 1 N–H and O–H groups in total. The zero-order valence-corrected chi connectivity index (χ0v) is 13.9. The Kier molecular flexibility index (Phi) is 4.10. The van der Waals surface area contributed by atoms with Crippen LogP contribution in [0, 0.1) is 10.1 Å². The molecule has 132 valence electrons. The normalized spacial score (nSPS) is 10.7. The number of nitro groups is 1. The zero-order valence-electron chi connectivity index (χ0n) is 13.9. The molecule has 0 saturated heterocycles. The van der Waals surface area contributed by atoms with E-state index in [4.69, 9.17) is 4.74 Å². The van der Waals surface area contributed by atoms with Crippen LogP contribution in [-0.2, 0) is 0 Å². The third-order valence-corrected chi connectivity index (χ3v) is 3.98. The molecule has 7 nitrogen and oxygen atoms in total. The van der Waals surface area contributed by atoms with Crippen molar-refractivity contribution in [3.05, 3.63) is 82.9 Å². The first kappa shape index (κ1) is 16.5. The van der Waals surface area contributed by atoms with E-state index < -0.39 is 4.92 Å². The molecular formula is C20H13N3O4. The van der Waals surface area contributed by atoms with Gasteiger partial charge in [0.15, 0.2) is 5.82 Å². The molecule has 0 fully saturated rings. The number of benzene rings is 3. The Morgan fingerprint density at radius 2 is 1.59 bits per heavy atom. The third kappa shape index (κ3) is 3.25. The maximum Gasteiger partial charge on any atom is 0.269 e. The van der Waals surface area contributed by atoms with Gasteiger partial charge in [-0.1, -0.05) is 24.3 Å². The first-order chi connectivity index (χ1) is 13.1. The van der Waals surface area contributed by atoms with Crippen molar-refractivity contribution < 1.29 is 14.8 Å². The number of phenolic OH excluding ortho intramolecular Hbond substituents is 1. The van der Waals surface area contributed by atoms with Crippen molar-refractivity contribution in [3.63, 3.8) is 0 Å². The summed E-state index contributed by atoms with van der Waals surface area (Å²) in [6, 6.07) is 19.9. The van der Waals surface area contributed by atoms with Crippen molar-refractivity contribution in [2.45, 2.75) is 0 Å². The summed E-state index contributed by atoms with van der Waals surface area (Å²) in [5, 5.41) is 21.6. The molecule has 0 amide bonds. The average molecular weight is 359 g/mol. The molecule has 0 unspecified atom stereocenters. The lowest BCUT2D eigenvalue weighted by molar-refractivity contribution is -0.384. The highest BCUT2D eigenvalue weighted by molar-refractivity contribution is 5.85. The minimum Gasteiger partial charge on any atom is -0.507 e. The van der Waals surface area contributed by atoms with Crippen LogP contribution in [0.5, 0.6) is 17.4 Å². The minimum absolute atomic E-state index is 0.0233. The largest absolute Gasteiger partial charge is 0.507 e. The lowest BCUT2D eigenvalue weighted by Crippen LogP contribution is -1.96. The SMILES string of the molecule is O=[N+]([O-])c1ccc(Oc2nc(-c3ccccc3O)nc3ccccc23)cc1. The molecule has 3 aromatic carbocycles. The van der Waals surface area contributed by atoms with E-state index in [9.17, 15) is 15.2 Å². The van der Waals surface area contributed by atoms with Gasteiger partial charge in [0.2, 0.25) is 5.88 Å². The van der Waals surface area contributed by atoms with Crippen LogP contribution in [0.2, 0.25) is 0 Å². The molecule has 0 radical (unpaired) electrons. The van der Waals surface area contributed by atoms with E-state index in [-0.39, 0.29) is 11.4 Å². The van der Waals surface area contributed by atoms with Crippen molar-refractivity contribution in [2.75, 3.05) is 0 Å². The van der Waals surface area contributed by atoms with Gasteiger partial charge >= 0.3 is 0 Å². The summed E-state index contributed by atoms with van der Waals surface area (Å²) in [6.45, 7) is 0. The molecule has 1 heterocycles. The number of nitro benzene ring substituents is 1. The van der Waals surface area contributed by atoms with Gasteiger partial charge in [0.25, 0.3) is 5.69 Å². The van der Waals surface area contributed by atoms with Gasteiger partial charge in [-0.15, -0.1) is 0 Å². The topological polar surface area (TPSA) is 98.4 Å². The first-order valence-corrected chi connectivity index (χ1v) is 8.09. The Morgan fingerprint density at radius 3 is 2.33 bits per heavy atom. The average Bonchev–Trinajstić information content (AvgIpc) is 2.68. The summed E-state index contributed by atoms with van der Waals surface area (Å²) in [4.78, 5) is 19.3. The molecule has 27 heavy (non-hydrogen) atoms. The molecule has 7 heteroatoms. The van der Waals surface area contributed by atoms with Crippen molar-refractivity contribution in [2.24, 2.45) is 0 Å². The first-order valence-electron chi connectivity index (χ1n) is 8.09. The van der Waals surface area contributed by atoms with Gasteiger partial charge in [-0.3, -0.25) is 10.1 Å². The van der Waals surface area contributed by atoms with Gasteiger partial charge in [0.05, 0.1) is 21.4 Å². The Hall–Kier alpha value is -4.00. The van der Waals surface area contributed by atoms with Crippen LogP contribution in [-0.4, -0.2) is 20.0 Å². The lowest BCUT2D eigenvalue weighted by atomic mass is 10.1. The molecule has 1 aromatic heterocycles. The highest BCUT2D eigenvalue weighted by atomic mass is 16.6. The van der Waals surface area contributed by atoms with Crippen LogP contribution in [0.4, 0.5) is 5.69 Å². The fourth-order valence-corrected chi connectivity index (χ4v) is 2.66. The quantitative estimate of drug-likeness (QED) is 0.419. The number of rotatable bonds is 4. The minimum atomic E-state index is -0.472. The maximum atomic E-state index is 10.8. The summed E-state index contributed by atoms with van der Waals surface area (Å²) in [7, 11) is 0. The highest BCUT2D eigenvalue weighted by Crippen LogP contribution is 2.33. The predicted octanol–water partition coefficient (Wildman–Crippen LogP) is 4.70. The van der Waals surface area contributed by atoms with Gasteiger partial charge in [-0.2, -0.15) is 4.98 Å². The summed E-state index contributed by atoms with van der Waals surface area (Å²) >= 11 is 0. The number of para-hydroxylation sites is 2. The van der Waals surface area contributed by atoms with Gasteiger partial charge in [-0.05, 0) is 36.4 Å². The molecule has 0 aliphatic carbocycles. The van der Waals surface area contributed by atoms with Gasteiger partial charge in [0, 0.05) is 12.1 Å². The van der Waals surface area contributed by atoms with Gasteiger partial charge in [-0.25, -0.2) is 4.98 Å². The van der Waals surface area contributed by atoms with Crippen LogP contribution in [0.3, 0.4) is 0 Å². The monoisotopic (exact) mass is 359 g/mol. The second-order valence-corrected chi connectivity index (χ2v) is 5.74. The Bertz CT molecular complexity index is 1140. The Morgan fingerprint density at radius 1 is 0.889 bits per heavy atom. The number of hydrogen-bond acceptors (Lipinski definition) is 6. The van der Waals surface area contributed by atoms with Crippen molar-refractivity contribution in [1.82, 2.24) is 9.97 Å². The van der Waals surface area contributed by atoms with E-state index in [1.807, 2.05) is 24.3 Å². The summed E-state index contributed by atoms with van der Waals surface area (Å²) in [5.74, 6) is 1.10. The smallest absolute Gasteiger partial charge is 0.269 e. The van der Waals surface area contributed by atoms with Gasteiger partial charge in [0.1, 0.15) is 11.5 Å². The molecule has 0 spiro atoms. The molecule has 4 rings (SSSR count). The van der Waals surface area contributed by atoms with Crippen LogP contribution >= 0.6 is 0 Å². The van der Waals surface area contributed by atoms with Crippen LogP contribution in [0.25, 0.3) is 22.3 Å². The number of phenols is 1. The van der Waals surface area contributed by atoms with E-state index in [0.29, 0.717) is 33.9 Å².